The lowest BCUT2D eigenvalue weighted by atomic mass is 9.95. The van der Waals surface area contributed by atoms with Crippen molar-refractivity contribution in [3.8, 4) is 0 Å². The van der Waals surface area contributed by atoms with E-state index in [1.54, 1.807) is 0 Å². The van der Waals surface area contributed by atoms with Crippen LogP contribution in [-0.4, -0.2) is 28.9 Å². The second-order valence-corrected chi connectivity index (χ2v) is 4.78. The minimum Gasteiger partial charge on any atom is -0.480 e. The van der Waals surface area contributed by atoms with Crippen molar-refractivity contribution in [2.24, 2.45) is 5.73 Å². The van der Waals surface area contributed by atoms with Gasteiger partial charge in [-0.1, -0.05) is 37.3 Å². The van der Waals surface area contributed by atoms with Crippen molar-refractivity contribution < 1.29 is 19.5 Å². The summed E-state index contributed by atoms with van der Waals surface area (Å²) in [5, 5.41) is 11.6. The summed E-state index contributed by atoms with van der Waals surface area (Å²) < 4.78 is 0. The van der Waals surface area contributed by atoms with Crippen molar-refractivity contribution in [1.82, 2.24) is 5.32 Å². The van der Waals surface area contributed by atoms with Crippen molar-refractivity contribution in [1.29, 1.82) is 0 Å². The molecule has 1 aromatic carbocycles. The maximum atomic E-state index is 12.2. The van der Waals surface area contributed by atoms with Gasteiger partial charge in [0, 0.05) is 6.42 Å². The molecule has 0 aliphatic carbocycles. The van der Waals surface area contributed by atoms with Crippen molar-refractivity contribution in [2.45, 2.75) is 38.1 Å². The molecule has 6 heteroatoms. The molecule has 0 saturated carbocycles. The minimum atomic E-state index is -1.17. The fourth-order valence-corrected chi connectivity index (χ4v) is 2.07. The summed E-state index contributed by atoms with van der Waals surface area (Å²) in [7, 11) is 0. The molecule has 0 aromatic heterocycles. The zero-order valence-corrected chi connectivity index (χ0v) is 11.9. The topological polar surface area (TPSA) is 109 Å². The van der Waals surface area contributed by atoms with Crippen LogP contribution >= 0.6 is 0 Å². The van der Waals surface area contributed by atoms with Gasteiger partial charge in [-0.25, -0.2) is 4.79 Å². The Morgan fingerprint density at radius 3 is 2.33 bits per heavy atom. The number of nitrogens with two attached hydrogens (primary N) is 1. The third-order valence-corrected chi connectivity index (χ3v) is 3.22. The molecule has 0 bridgehead atoms. The van der Waals surface area contributed by atoms with E-state index in [-0.39, 0.29) is 18.7 Å². The standard InChI is InChI=1S/C15H20N2O4/c1-2-11(10-6-4-3-5-7-10)14(19)17-12(15(20)21)8-9-13(16)18/h3-7,11-12H,2,8-9H2,1H3,(H2,16,18)(H,17,19)(H,20,21). The molecule has 0 spiro atoms. The van der Waals surface area contributed by atoms with E-state index in [4.69, 9.17) is 10.8 Å². The molecule has 2 unspecified atom stereocenters. The number of aliphatic carboxylic acids is 1. The minimum absolute atomic E-state index is 0.0123. The van der Waals surface area contributed by atoms with E-state index >= 15 is 0 Å². The first-order chi connectivity index (χ1) is 9.95. The molecule has 1 rings (SSSR count). The van der Waals surface area contributed by atoms with Crippen LogP contribution in [0.1, 0.15) is 37.7 Å². The molecule has 0 fully saturated rings. The second-order valence-electron chi connectivity index (χ2n) is 4.78. The van der Waals surface area contributed by atoms with Crippen molar-refractivity contribution in [2.75, 3.05) is 0 Å². The van der Waals surface area contributed by atoms with Gasteiger partial charge in [-0.15, -0.1) is 0 Å². The Morgan fingerprint density at radius 1 is 1.24 bits per heavy atom. The number of rotatable bonds is 8. The van der Waals surface area contributed by atoms with Gasteiger partial charge in [0.25, 0.3) is 0 Å². The molecule has 21 heavy (non-hydrogen) atoms. The van der Waals surface area contributed by atoms with Crippen LogP contribution in [0.5, 0.6) is 0 Å². The van der Waals surface area contributed by atoms with Gasteiger partial charge in [0.1, 0.15) is 6.04 Å². The number of hydrogen-bond acceptors (Lipinski definition) is 3. The normalized spacial score (nSPS) is 13.2. The van der Waals surface area contributed by atoms with Crippen LogP contribution in [0, 0.1) is 0 Å². The van der Waals surface area contributed by atoms with Crippen LogP contribution in [0.2, 0.25) is 0 Å². The fourth-order valence-electron chi connectivity index (χ4n) is 2.07. The lowest BCUT2D eigenvalue weighted by Gasteiger charge is -2.19. The first-order valence-corrected chi connectivity index (χ1v) is 6.82. The third kappa shape index (κ3) is 5.25. The highest BCUT2D eigenvalue weighted by Crippen LogP contribution is 2.19. The largest absolute Gasteiger partial charge is 0.480 e. The van der Waals surface area contributed by atoms with Gasteiger partial charge in [0.05, 0.1) is 5.92 Å². The van der Waals surface area contributed by atoms with Crippen LogP contribution in [0.3, 0.4) is 0 Å². The fraction of sp³-hybridized carbons (Fsp3) is 0.400. The Hall–Kier alpha value is -2.37. The molecule has 1 aromatic rings. The lowest BCUT2D eigenvalue weighted by molar-refractivity contribution is -0.142. The van der Waals surface area contributed by atoms with Gasteiger partial charge in [-0.05, 0) is 18.4 Å². The summed E-state index contributed by atoms with van der Waals surface area (Å²) in [6.45, 7) is 1.86. The van der Waals surface area contributed by atoms with Crippen LogP contribution in [0.25, 0.3) is 0 Å². The molecular formula is C15H20N2O4. The van der Waals surface area contributed by atoms with Gasteiger partial charge in [-0.3, -0.25) is 9.59 Å². The highest BCUT2D eigenvalue weighted by atomic mass is 16.4. The summed E-state index contributed by atoms with van der Waals surface area (Å²) in [4.78, 5) is 34.1. The lowest BCUT2D eigenvalue weighted by Crippen LogP contribution is -2.43. The molecule has 2 amide bonds. The first kappa shape index (κ1) is 16.7. The monoisotopic (exact) mass is 292 g/mol. The van der Waals surface area contributed by atoms with Gasteiger partial charge in [0.15, 0.2) is 0 Å². The number of carboxylic acids is 1. The molecule has 2 atom stereocenters. The van der Waals surface area contributed by atoms with Gasteiger partial charge < -0.3 is 16.2 Å². The van der Waals surface area contributed by atoms with E-state index in [2.05, 4.69) is 5.32 Å². The Balaban J connectivity index is 2.75. The van der Waals surface area contributed by atoms with E-state index < -0.39 is 23.8 Å². The molecule has 4 N–H and O–H groups in total. The maximum absolute atomic E-state index is 12.2. The van der Waals surface area contributed by atoms with Crippen LogP contribution in [0.15, 0.2) is 30.3 Å². The van der Waals surface area contributed by atoms with Gasteiger partial charge in [-0.2, -0.15) is 0 Å². The molecule has 6 nitrogen and oxygen atoms in total. The summed E-state index contributed by atoms with van der Waals surface area (Å²) in [5.74, 6) is -2.54. The molecule has 0 heterocycles. The summed E-state index contributed by atoms with van der Waals surface area (Å²) >= 11 is 0. The highest BCUT2D eigenvalue weighted by Gasteiger charge is 2.25. The predicted molar refractivity (Wildman–Crippen MR) is 77.5 cm³/mol. The van der Waals surface area contributed by atoms with E-state index in [0.717, 1.165) is 5.56 Å². The highest BCUT2D eigenvalue weighted by molar-refractivity contribution is 5.88. The number of carbonyl (C=O) groups is 3. The zero-order valence-electron chi connectivity index (χ0n) is 11.9. The Morgan fingerprint density at radius 2 is 1.86 bits per heavy atom. The van der Waals surface area contributed by atoms with Crippen molar-refractivity contribution in [3.63, 3.8) is 0 Å². The molecule has 0 saturated heterocycles. The van der Waals surface area contributed by atoms with Gasteiger partial charge in [0.2, 0.25) is 11.8 Å². The van der Waals surface area contributed by atoms with E-state index in [9.17, 15) is 14.4 Å². The number of carbonyl (C=O) groups excluding carboxylic acids is 2. The van der Waals surface area contributed by atoms with Crippen LogP contribution in [0.4, 0.5) is 0 Å². The van der Waals surface area contributed by atoms with E-state index in [0.29, 0.717) is 6.42 Å². The number of nitrogens with one attached hydrogen (secondary N) is 1. The third-order valence-electron chi connectivity index (χ3n) is 3.22. The zero-order chi connectivity index (χ0) is 15.8. The quantitative estimate of drug-likeness (QED) is 0.664. The number of benzene rings is 1. The SMILES string of the molecule is CCC(C(=O)NC(CCC(N)=O)C(=O)O)c1ccccc1. The average molecular weight is 292 g/mol. The molecule has 0 aliphatic rings. The second kappa shape index (κ2) is 8.04. The van der Waals surface area contributed by atoms with Crippen LogP contribution in [-0.2, 0) is 14.4 Å². The predicted octanol–water partition coefficient (Wildman–Crippen LogP) is 1.02. The molecule has 114 valence electrons. The number of carboxylic acid groups (broad SMARTS) is 1. The smallest absolute Gasteiger partial charge is 0.326 e. The molecular weight excluding hydrogens is 272 g/mol. The van der Waals surface area contributed by atoms with Crippen LogP contribution < -0.4 is 11.1 Å². The van der Waals surface area contributed by atoms with Crippen molar-refractivity contribution >= 4 is 17.8 Å². The Kier molecular flexibility index (Phi) is 6.39. The summed E-state index contributed by atoms with van der Waals surface area (Å²) in [6, 6.07) is 8.05. The average Bonchev–Trinajstić information content (AvgIpc) is 2.44. The molecule has 0 aliphatic heterocycles. The number of amides is 2. The Labute approximate surface area is 123 Å². The summed E-state index contributed by atoms with van der Waals surface area (Å²) in [5.41, 5.74) is 5.83. The first-order valence-electron chi connectivity index (χ1n) is 6.82. The number of hydrogen-bond donors (Lipinski definition) is 3. The summed E-state index contributed by atoms with van der Waals surface area (Å²) in [6.07, 6.45) is 0.457. The number of primary amides is 1. The maximum Gasteiger partial charge on any atom is 0.326 e. The van der Waals surface area contributed by atoms with Gasteiger partial charge >= 0.3 is 5.97 Å². The Bertz CT molecular complexity index is 502. The van der Waals surface area contributed by atoms with E-state index in [1.807, 2.05) is 37.3 Å². The van der Waals surface area contributed by atoms with Crippen molar-refractivity contribution in [3.05, 3.63) is 35.9 Å². The molecule has 0 radical (unpaired) electrons. The van der Waals surface area contributed by atoms with E-state index in [1.165, 1.54) is 0 Å².